The molecule has 134 valence electrons. The molecule has 0 unspecified atom stereocenters. The van der Waals surface area contributed by atoms with Crippen molar-refractivity contribution in [2.24, 2.45) is 0 Å². The van der Waals surface area contributed by atoms with Gasteiger partial charge >= 0.3 is 0 Å². The molecule has 1 amide bonds. The van der Waals surface area contributed by atoms with Crippen LogP contribution < -0.4 is 10.6 Å². The first kappa shape index (κ1) is 18.0. The highest BCUT2D eigenvalue weighted by Gasteiger charge is 2.08. The van der Waals surface area contributed by atoms with E-state index in [4.69, 9.17) is 0 Å². The van der Waals surface area contributed by atoms with E-state index in [0.717, 1.165) is 28.3 Å². The van der Waals surface area contributed by atoms with Crippen molar-refractivity contribution in [3.05, 3.63) is 65.5 Å². The summed E-state index contributed by atoms with van der Waals surface area (Å²) in [6.07, 6.45) is 0. The summed E-state index contributed by atoms with van der Waals surface area (Å²) < 4.78 is 0. The fourth-order valence-corrected chi connectivity index (χ4v) is 3.15. The maximum Gasteiger partial charge on any atom is 0.234 e. The predicted octanol–water partition coefficient (Wildman–Crippen LogP) is 3.76. The SMILES string of the molecule is Cc1cc(C)cc(NC(=O)CSc2n[nH]c(CNc3ccccc3)n2)c1. The molecule has 6 nitrogen and oxygen atoms in total. The summed E-state index contributed by atoms with van der Waals surface area (Å²) >= 11 is 1.31. The number of hydrogen-bond acceptors (Lipinski definition) is 5. The molecule has 3 N–H and O–H groups in total. The maximum absolute atomic E-state index is 12.1. The molecule has 0 aliphatic heterocycles. The maximum atomic E-state index is 12.1. The van der Waals surface area contributed by atoms with Crippen LogP contribution in [0.4, 0.5) is 11.4 Å². The molecule has 0 bridgehead atoms. The number of carbonyl (C=O) groups is 1. The lowest BCUT2D eigenvalue weighted by molar-refractivity contribution is -0.113. The van der Waals surface area contributed by atoms with Gasteiger partial charge < -0.3 is 10.6 Å². The van der Waals surface area contributed by atoms with Gasteiger partial charge in [0.05, 0.1) is 12.3 Å². The Morgan fingerprint density at radius 1 is 1.08 bits per heavy atom. The van der Waals surface area contributed by atoms with E-state index in [9.17, 15) is 4.79 Å². The van der Waals surface area contributed by atoms with E-state index < -0.39 is 0 Å². The number of nitrogens with one attached hydrogen (secondary N) is 3. The van der Waals surface area contributed by atoms with Crippen LogP contribution in [0, 0.1) is 13.8 Å². The first-order chi connectivity index (χ1) is 12.6. The van der Waals surface area contributed by atoms with Gasteiger partial charge in [0.15, 0.2) is 0 Å². The topological polar surface area (TPSA) is 82.7 Å². The number of carbonyl (C=O) groups excluding carboxylic acids is 1. The molecule has 0 fully saturated rings. The number of nitrogens with zero attached hydrogens (tertiary/aromatic N) is 2. The lowest BCUT2D eigenvalue weighted by Crippen LogP contribution is -2.14. The fraction of sp³-hybridized carbons (Fsp3) is 0.211. The number of thioether (sulfide) groups is 1. The lowest BCUT2D eigenvalue weighted by Gasteiger charge is -2.06. The number of H-pyrrole nitrogens is 1. The number of hydrogen-bond donors (Lipinski definition) is 3. The number of benzene rings is 2. The van der Waals surface area contributed by atoms with Gasteiger partial charge in [0, 0.05) is 11.4 Å². The van der Waals surface area contributed by atoms with Crippen LogP contribution in [0.2, 0.25) is 0 Å². The molecule has 26 heavy (non-hydrogen) atoms. The van der Waals surface area contributed by atoms with Crippen LogP contribution in [0.3, 0.4) is 0 Å². The Hall–Kier alpha value is -2.80. The summed E-state index contributed by atoms with van der Waals surface area (Å²) in [4.78, 5) is 16.5. The van der Waals surface area contributed by atoms with Crippen LogP contribution in [0.25, 0.3) is 0 Å². The van der Waals surface area contributed by atoms with Crippen LogP contribution in [-0.4, -0.2) is 26.8 Å². The number of rotatable bonds is 7. The van der Waals surface area contributed by atoms with Gasteiger partial charge in [-0.3, -0.25) is 9.89 Å². The molecule has 0 saturated heterocycles. The van der Waals surface area contributed by atoms with Crippen molar-refractivity contribution >= 4 is 29.0 Å². The summed E-state index contributed by atoms with van der Waals surface area (Å²) in [5.41, 5.74) is 4.08. The zero-order valence-electron chi connectivity index (χ0n) is 14.7. The van der Waals surface area contributed by atoms with E-state index in [1.54, 1.807) is 0 Å². The smallest absolute Gasteiger partial charge is 0.234 e. The van der Waals surface area contributed by atoms with E-state index in [1.807, 2.05) is 56.3 Å². The van der Waals surface area contributed by atoms with Crippen molar-refractivity contribution in [1.82, 2.24) is 15.2 Å². The Labute approximate surface area is 156 Å². The minimum Gasteiger partial charge on any atom is -0.378 e. The lowest BCUT2D eigenvalue weighted by atomic mass is 10.1. The molecule has 1 aromatic heterocycles. The van der Waals surface area contributed by atoms with Gasteiger partial charge in [0.1, 0.15) is 5.82 Å². The minimum atomic E-state index is -0.0752. The molecule has 0 radical (unpaired) electrons. The van der Waals surface area contributed by atoms with Crippen molar-refractivity contribution in [2.75, 3.05) is 16.4 Å². The van der Waals surface area contributed by atoms with Crippen LogP contribution in [-0.2, 0) is 11.3 Å². The van der Waals surface area contributed by atoms with E-state index in [0.29, 0.717) is 11.7 Å². The van der Waals surface area contributed by atoms with Gasteiger partial charge in [-0.05, 0) is 49.2 Å². The average Bonchev–Trinajstić information content (AvgIpc) is 3.06. The van der Waals surface area contributed by atoms with E-state index in [1.165, 1.54) is 11.8 Å². The second-order valence-electron chi connectivity index (χ2n) is 6.00. The normalized spacial score (nSPS) is 10.5. The molecular formula is C19H21N5OS. The number of amides is 1. The molecule has 0 atom stereocenters. The van der Waals surface area contributed by atoms with Crippen LogP contribution in [0.5, 0.6) is 0 Å². The van der Waals surface area contributed by atoms with Gasteiger partial charge in [0.25, 0.3) is 0 Å². The third-order valence-corrected chi connectivity index (χ3v) is 4.43. The summed E-state index contributed by atoms with van der Waals surface area (Å²) in [5, 5.41) is 13.8. The third kappa shape index (κ3) is 5.35. The molecule has 7 heteroatoms. The van der Waals surface area contributed by atoms with Gasteiger partial charge in [-0.25, -0.2) is 4.98 Å². The Morgan fingerprint density at radius 3 is 2.54 bits per heavy atom. The second-order valence-corrected chi connectivity index (χ2v) is 6.94. The summed E-state index contributed by atoms with van der Waals surface area (Å²) in [6, 6.07) is 15.9. The first-order valence-corrected chi connectivity index (χ1v) is 9.28. The molecule has 0 saturated carbocycles. The van der Waals surface area contributed by atoms with Crippen molar-refractivity contribution in [2.45, 2.75) is 25.5 Å². The molecule has 0 aliphatic rings. The number of anilines is 2. The van der Waals surface area contributed by atoms with E-state index in [2.05, 4.69) is 31.9 Å². The van der Waals surface area contributed by atoms with Crippen molar-refractivity contribution < 1.29 is 4.79 Å². The van der Waals surface area contributed by atoms with Crippen molar-refractivity contribution in [3.8, 4) is 0 Å². The fourth-order valence-electron chi connectivity index (χ4n) is 2.54. The number of aromatic amines is 1. The number of aryl methyl sites for hydroxylation is 2. The average molecular weight is 367 g/mol. The monoisotopic (exact) mass is 367 g/mol. The molecule has 2 aromatic carbocycles. The highest BCUT2D eigenvalue weighted by atomic mass is 32.2. The predicted molar refractivity (Wildman–Crippen MR) is 105 cm³/mol. The minimum absolute atomic E-state index is 0.0752. The molecule has 0 aliphatic carbocycles. The Kier molecular flexibility index (Phi) is 5.91. The van der Waals surface area contributed by atoms with Gasteiger partial charge in [-0.15, -0.1) is 5.10 Å². The highest BCUT2D eigenvalue weighted by molar-refractivity contribution is 7.99. The van der Waals surface area contributed by atoms with Gasteiger partial charge in [-0.1, -0.05) is 36.0 Å². The van der Waals surface area contributed by atoms with Crippen molar-refractivity contribution in [1.29, 1.82) is 0 Å². The molecule has 3 rings (SSSR count). The molecule has 1 heterocycles. The number of para-hydroxylation sites is 1. The van der Waals surface area contributed by atoms with E-state index >= 15 is 0 Å². The van der Waals surface area contributed by atoms with Gasteiger partial charge in [0.2, 0.25) is 11.1 Å². The quantitative estimate of drug-likeness (QED) is 0.554. The summed E-state index contributed by atoms with van der Waals surface area (Å²) in [6.45, 7) is 4.57. The molecular weight excluding hydrogens is 346 g/mol. The van der Waals surface area contributed by atoms with Crippen LogP contribution in [0.15, 0.2) is 53.7 Å². The largest absolute Gasteiger partial charge is 0.378 e. The zero-order chi connectivity index (χ0) is 18.4. The summed E-state index contributed by atoms with van der Waals surface area (Å²) in [5.74, 6) is 0.913. The highest BCUT2D eigenvalue weighted by Crippen LogP contribution is 2.16. The Bertz CT molecular complexity index is 858. The standard InChI is InChI=1S/C19H21N5OS/c1-13-8-14(2)10-16(9-13)21-18(25)12-26-19-22-17(23-24-19)11-20-15-6-4-3-5-7-15/h3-10,20H,11-12H2,1-2H3,(H,21,25)(H,22,23,24). The number of aromatic nitrogens is 3. The van der Waals surface area contributed by atoms with E-state index in [-0.39, 0.29) is 11.7 Å². The van der Waals surface area contributed by atoms with Crippen molar-refractivity contribution in [3.63, 3.8) is 0 Å². The molecule has 0 spiro atoms. The Balaban J connectivity index is 1.47. The van der Waals surface area contributed by atoms with Crippen LogP contribution >= 0.6 is 11.8 Å². The second kappa shape index (κ2) is 8.53. The van der Waals surface area contributed by atoms with Crippen LogP contribution in [0.1, 0.15) is 17.0 Å². The molecule has 3 aromatic rings. The summed E-state index contributed by atoms with van der Waals surface area (Å²) in [7, 11) is 0. The Morgan fingerprint density at radius 2 is 1.81 bits per heavy atom. The third-order valence-electron chi connectivity index (χ3n) is 3.58. The zero-order valence-corrected chi connectivity index (χ0v) is 15.6. The first-order valence-electron chi connectivity index (χ1n) is 8.29. The van der Waals surface area contributed by atoms with Gasteiger partial charge in [-0.2, -0.15) is 0 Å².